The summed E-state index contributed by atoms with van der Waals surface area (Å²) in [7, 11) is 0. The van der Waals surface area contributed by atoms with Crippen LogP contribution in [0.1, 0.15) is 15.9 Å². The first-order chi connectivity index (χ1) is 10.4. The third kappa shape index (κ3) is 2.43. The van der Waals surface area contributed by atoms with E-state index in [1.54, 1.807) is 29.0 Å². The van der Waals surface area contributed by atoms with Gasteiger partial charge in [0.1, 0.15) is 0 Å². The predicted octanol–water partition coefficient (Wildman–Crippen LogP) is 3.75. The lowest BCUT2D eigenvalue weighted by Crippen LogP contribution is -2.10. The van der Waals surface area contributed by atoms with Crippen LogP contribution in [0.3, 0.4) is 0 Å². The van der Waals surface area contributed by atoms with Gasteiger partial charge in [-0.2, -0.15) is 13.2 Å². The Morgan fingerprint density at radius 1 is 1.00 bits per heavy atom. The Balaban J connectivity index is 2.10. The smallest absolute Gasteiger partial charge is 0.366 e. The highest BCUT2D eigenvalue weighted by Gasteiger charge is 2.30. The summed E-state index contributed by atoms with van der Waals surface area (Å²) < 4.78 is 39.5. The molecule has 0 saturated carbocycles. The van der Waals surface area contributed by atoms with Gasteiger partial charge in [0.15, 0.2) is 0 Å². The van der Waals surface area contributed by atoms with Gasteiger partial charge in [0, 0.05) is 17.4 Å². The van der Waals surface area contributed by atoms with Crippen molar-refractivity contribution in [2.75, 3.05) is 0 Å². The number of carbonyl (C=O) groups is 1. The molecular weight excluding hydrogens is 293 g/mol. The van der Waals surface area contributed by atoms with Gasteiger partial charge in [-0.15, -0.1) is 0 Å². The van der Waals surface area contributed by atoms with Crippen LogP contribution >= 0.6 is 0 Å². The van der Waals surface area contributed by atoms with E-state index in [1.807, 2.05) is 6.07 Å². The van der Waals surface area contributed by atoms with Crippen LogP contribution in [0.25, 0.3) is 16.6 Å². The number of carbonyl (C=O) groups excluding carboxylic acids is 1. The first kappa shape index (κ1) is 14.2. The quantitative estimate of drug-likeness (QED) is 0.770. The zero-order chi connectivity index (χ0) is 15.9. The Morgan fingerprint density at radius 3 is 2.27 bits per heavy atom. The fraction of sp³-hybridized carbons (Fsp3) is 0.0625. The van der Waals surface area contributed by atoms with Gasteiger partial charge >= 0.3 is 6.18 Å². The summed E-state index contributed by atoms with van der Waals surface area (Å²) in [5.74, 6) is -0.554. The number of benzene rings is 2. The van der Waals surface area contributed by atoms with E-state index in [4.69, 9.17) is 5.73 Å². The van der Waals surface area contributed by atoms with E-state index in [9.17, 15) is 18.0 Å². The van der Waals surface area contributed by atoms with E-state index in [-0.39, 0.29) is 0 Å². The minimum Gasteiger partial charge on any atom is -0.366 e. The zero-order valence-corrected chi connectivity index (χ0v) is 11.3. The number of nitrogens with two attached hydrogens (primary N) is 1. The predicted molar refractivity (Wildman–Crippen MR) is 76.8 cm³/mol. The van der Waals surface area contributed by atoms with Crippen molar-refractivity contribution in [1.29, 1.82) is 0 Å². The summed E-state index contributed by atoms with van der Waals surface area (Å²) in [6, 6.07) is 11.6. The largest absolute Gasteiger partial charge is 0.416 e. The van der Waals surface area contributed by atoms with Crippen molar-refractivity contribution in [2.24, 2.45) is 5.73 Å². The summed E-state index contributed by atoms with van der Waals surface area (Å²) in [5, 5.41) is 0.866. The lowest BCUT2D eigenvalue weighted by Gasteiger charge is -2.09. The molecule has 112 valence electrons. The molecule has 2 aromatic carbocycles. The molecule has 0 spiro atoms. The lowest BCUT2D eigenvalue weighted by atomic mass is 10.1. The van der Waals surface area contributed by atoms with Crippen LogP contribution in [0.2, 0.25) is 0 Å². The van der Waals surface area contributed by atoms with E-state index in [2.05, 4.69) is 0 Å². The van der Waals surface area contributed by atoms with Crippen LogP contribution in [0, 0.1) is 0 Å². The van der Waals surface area contributed by atoms with E-state index in [0.29, 0.717) is 16.8 Å². The Bertz CT molecular complexity index is 848. The van der Waals surface area contributed by atoms with E-state index in [1.165, 1.54) is 12.1 Å². The van der Waals surface area contributed by atoms with Crippen molar-refractivity contribution in [3.8, 4) is 5.69 Å². The zero-order valence-electron chi connectivity index (χ0n) is 11.3. The highest BCUT2D eigenvalue weighted by atomic mass is 19.4. The normalized spacial score (nSPS) is 11.8. The summed E-state index contributed by atoms with van der Waals surface area (Å²) in [6.45, 7) is 0. The average Bonchev–Trinajstić information content (AvgIpc) is 2.89. The summed E-state index contributed by atoms with van der Waals surface area (Å²) >= 11 is 0. The van der Waals surface area contributed by atoms with Crippen molar-refractivity contribution >= 4 is 16.8 Å². The molecule has 3 nitrogen and oxygen atoms in total. The highest BCUT2D eigenvalue weighted by Crippen LogP contribution is 2.30. The lowest BCUT2D eigenvalue weighted by molar-refractivity contribution is -0.137. The first-order valence-corrected chi connectivity index (χ1v) is 6.45. The molecule has 0 aliphatic heterocycles. The Hall–Kier alpha value is -2.76. The molecular formula is C16H11F3N2O. The van der Waals surface area contributed by atoms with Crippen molar-refractivity contribution in [1.82, 2.24) is 4.57 Å². The molecule has 0 unspecified atom stereocenters. The SMILES string of the molecule is NC(=O)c1ccc2ccn(-c3ccc(C(F)(F)F)cc3)c2c1. The van der Waals surface area contributed by atoms with Gasteiger partial charge in [-0.1, -0.05) is 6.07 Å². The molecule has 6 heteroatoms. The third-order valence-corrected chi connectivity index (χ3v) is 3.45. The van der Waals surface area contributed by atoms with Crippen LogP contribution in [-0.2, 0) is 6.18 Å². The first-order valence-electron chi connectivity index (χ1n) is 6.45. The number of hydrogen-bond acceptors (Lipinski definition) is 1. The van der Waals surface area contributed by atoms with Crippen LogP contribution in [0.15, 0.2) is 54.7 Å². The fourth-order valence-corrected chi connectivity index (χ4v) is 2.32. The molecule has 1 amide bonds. The number of halogens is 3. The topological polar surface area (TPSA) is 48.0 Å². The molecule has 0 fully saturated rings. The van der Waals surface area contributed by atoms with Crippen molar-refractivity contribution in [3.05, 3.63) is 65.9 Å². The van der Waals surface area contributed by atoms with Gasteiger partial charge in [0.25, 0.3) is 0 Å². The van der Waals surface area contributed by atoms with E-state index < -0.39 is 17.6 Å². The van der Waals surface area contributed by atoms with Crippen molar-refractivity contribution < 1.29 is 18.0 Å². The van der Waals surface area contributed by atoms with Crippen LogP contribution in [0.5, 0.6) is 0 Å². The van der Waals surface area contributed by atoms with E-state index in [0.717, 1.165) is 17.5 Å². The number of amides is 1. The van der Waals surface area contributed by atoms with E-state index >= 15 is 0 Å². The second-order valence-corrected chi connectivity index (χ2v) is 4.87. The number of nitrogens with zero attached hydrogens (tertiary/aromatic N) is 1. The maximum Gasteiger partial charge on any atom is 0.416 e. The van der Waals surface area contributed by atoms with Crippen LogP contribution in [-0.4, -0.2) is 10.5 Å². The Morgan fingerprint density at radius 2 is 1.68 bits per heavy atom. The molecule has 22 heavy (non-hydrogen) atoms. The van der Waals surface area contributed by atoms with Gasteiger partial charge in [-0.25, -0.2) is 0 Å². The second-order valence-electron chi connectivity index (χ2n) is 4.87. The summed E-state index contributed by atoms with van der Waals surface area (Å²) in [5.41, 5.74) is 6.18. The Labute approximate surface area is 123 Å². The molecule has 2 N–H and O–H groups in total. The standard InChI is InChI=1S/C16H11F3N2O/c17-16(18,19)12-3-5-13(6-4-12)21-8-7-10-1-2-11(15(20)22)9-14(10)21/h1-9H,(H2,20,22). The number of fused-ring (bicyclic) bond motifs is 1. The monoisotopic (exact) mass is 304 g/mol. The van der Waals surface area contributed by atoms with Crippen LogP contribution < -0.4 is 5.73 Å². The van der Waals surface area contributed by atoms with Gasteiger partial charge in [-0.05, 0) is 47.9 Å². The molecule has 0 saturated heterocycles. The highest BCUT2D eigenvalue weighted by molar-refractivity contribution is 5.97. The molecule has 3 rings (SSSR count). The number of aromatic nitrogens is 1. The van der Waals surface area contributed by atoms with Gasteiger partial charge < -0.3 is 10.3 Å². The van der Waals surface area contributed by atoms with Crippen molar-refractivity contribution in [3.63, 3.8) is 0 Å². The maximum absolute atomic E-state index is 12.6. The minimum absolute atomic E-state index is 0.347. The second kappa shape index (κ2) is 4.91. The maximum atomic E-state index is 12.6. The summed E-state index contributed by atoms with van der Waals surface area (Å²) in [6.07, 6.45) is -2.63. The third-order valence-electron chi connectivity index (χ3n) is 3.45. The molecule has 0 radical (unpaired) electrons. The molecule has 1 aromatic heterocycles. The number of primary amides is 1. The molecule has 0 aliphatic rings. The molecule has 3 aromatic rings. The molecule has 0 bridgehead atoms. The van der Waals surface area contributed by atoms with Gasteiger partial charge in [0.2, 0.25) is 5.91 Å². The molecule has 0 atom stereocenters. The number of rotatable bonds is 2. The average molecular weight is 304 g/mol. The van der Waals surface area contributed by atoms with Gasteiger partial charge in [0.05, 0.1) is 11.1 Å². The number of hydrogen-bond donors (Lipinski definition) is 1. The van der Waals surface area contributed by atoms with Crippen molar-refractivity contribution in [2.45, 2.75) is 6.18 Å². The van der Waals surface area contributed by atoms with Gasteiger partial charge in [-0.3, -0.25) is 4.79 Å². The number of alkyl halides is 3. The van der Waals surface area contributed by atoms with Crippen LogP contribution in [0.4, 0.5) is 13.2 Å². The Kier molecular flexibility index (Phi) is 3.16. The molecule has 0 aliphatic carbocycles. The minimum atomic E-state index is -4.36. The fourth-order valence-electron chi connectivity index (χ4n) is 2.32. The summed E-state index contributed by atoms with van der Waals surface area (Å²) in [4.78, 5) is 11.3. The molecule has 1 heterocycles.